The van der Waals surface area contributed by atoms with Crippen LogP contribution in [0.5, 0.6) is 5.75 Å². The number of nitrogens with two attached hydrogens (primary N) is 1. The quantitative estimate of drug-likeness (QED) is 0.779. The number of hydrogen-bond acceptors (Lipinski definition) is 4. The maximum absolute atomic E-state index is 11.6. The highest BCUT2D eigenvalue weighted by Gasteiger charge is 2.16. The summed E-state index contributed by atoms with van der Waals surface area (Å²) < 4.78 is 4.52. The first-order chi connectivity index (χ1) is 8.81. The Balaban J connectivity index is 2.67. The van der Waals surface area contributed by atoms with Crippen molar-refractivity contribution in [2.45, 2.75) is 26.5 Å². The molecule has 0 aliphatic rings. The maximum Gasteiger partial charge on any atom is 0.405 e. The molecule has 0 bridgehead atoms. The average Bonchev–Trinajstić information content (AvgIpc) is 2.30. The molecule has 0 saturated heterocycles. The van der Waals surface area contributed by atoms with E-state index in [0.717, 1.165) is 0 Å². The van der Waals surface area contributed by atoms with Gasteiger partial charge in [0, 0.05) is 17.1 Å². The van der Waals surface area contributed by atoms with Crippen LogP contribution in [0.4, 0.5) is 4.79 Å². The van der Waals surface area contributed by atoms with Gasteiger partial charge in [-0.3, -0.25) is 4.79 Å². The van der Waals surface area contributed by atoms with Crippen molar-refractivity contribution in [3.63, 3.8) is 0 Å². The van der Waals surface area contributed by atoms with Crippen molar-refractivity contribution in [2.24, 2.45) is 5.73 Å². The normalized spacial score (nSPS) is 11.7. The molecule has 0 spiro atoms. The lowest BCUT2D eigenvalue weighted by atomic mass is 10.1. The van der Waals surface area contributed by atoms with Crippen LogP contribution in [0.1, 0.15) is 18.1 Å². The van der Waals surface area contributed by atoms with E-state index in [-0.39, 0.29) is 12.3 Å². The fourth-order valence-corrected chi connectivity index (χ4v) is 1.79. The van der Waals surface area contributed by atoms with Crippen molar-refractivity contribution in [3.8, 4) is 5.75 Å². The van der Waals surface area contributed by atoms with Gasteiger partial charge in [-0.15, -0.1) is 0 Å². The first-order valence-electron chi connectivity index (χ1n) is 5.53. The Morgan fingerprint density at radius 3 is 2.74 bits per heavy atom. The summed E-state index contributed by atoms with van der Waals surface area (Å²) in [7, 11) is 0. The van der Waals surface area contributed by atoms with Crippen molar-refractivity contribution >= 4 is 23.6 Å². The SMILES string of the molecule is Cc1cc(Cl)cc(CNC(=O)C(C)OC(N)=O)c1O. The van der Waals surface area contributed by atoms with E-state index in [0.29, 0.717) is 16.1 Å². The lowest BCUT2D eigenvalue weighted by molar-refractivity contribution is -0.128. The average molecular weight is 287 g/mol. The fraction of sp³-hybridized carbons (Fsp3) is 0.333. The zero-order valence-corrected chi connectivity index (χ0v) is 11.3. The Morgan fingerprint density at radius 1 is 1.53 bits per heavy atom. The monoisotopic (exact) mass is 286 g/mol. The molecule has 0 aromatic heterocycles. The van der Waals surface area contributed by atoms with Crippen LogP contribution < -0.4 is 11.1 Å². The molecule has 104 valence electrons. The molecule has 0 radical (unpaired) electrons. The van der Waals surface area contributed by atoms with Gasteiger partial charge in [-0.25, -0.2) is 4.79 Å². The number of halogens is 1. The Morgan fingerprint density at radius 2 is 2.16 bits per heavy atom. The van der Waals surface area contributed by atoms with Crippen LogP contribution in [0.25, 0.3) is 0 Å². The predicted molar refractivity (Wildman–Crippen MR) is 69.8 cm³/mol. The van der Waals surface area contributed by atoms with Gasteiger partial charge in [-0.2, -0.15) is 0 Å². The summed E-state index contributed by atoms with van der Waals surface area (Å²) in [5, 5.41) is 12.8. The molecule has 4 N–H and O–H groups in total. The van der Waals surface area contributed by atoms with Crippen molar-refractivity contribution in [2.75, 3.05) is 0 Å². The molecule has 7 heteroatoms. The Hall–Kier alpha value is -1.95. The second-order valence-corrected chi connectivity index (χ2v) is 4.46. The number of phenols is 1. The largest absolute Gasteiger partial charge is 0.507 e. The number of aromatic hydroxyl groups is 1. The molecule has 0 fully saturated rings. The van der Waals surface area contributed by atoms with Gasteiger partial charge in [-0.1, -0.05) is 11.6 Å². The zero-order chi connectivity index (χ0) is 14.6. The molecule has 19 heavy (non-hydrogen) atoms. The number of rotatable bonds is 4. The Kier molecular flexibility index (Phi) is 5.00. The van der Waals surface area contributed by atoms with Crippen molar-refractivity contribution in [1.29, 1.82) is 0 Å². The van der Waals surface area contributed by atoms with Crippen LogP contribution >= 0.6 is 11.6 Å². The smallest absolute Gasteiger partial charge is 0.405 e. The van der Waals surface area contributed by atoms with E-state index in [4.69, 9.17) is 17.3 Å². The number of aryl methyl sites for hydroxylation is 1. The molecule has 0 aliphatic carbocycles. The van der Waals surface area contributed by atoms with Gasteiger partial charge in [0.1, 0.15) is 5.75 Å². The Bertz CT molecular complexity index is 505. The minimum atomic E-state index is -1.02. The zero-order valence-electron chi connectivity index (χ0n) is 10.6. The third kappa shape index (κ3) is 4.33. The predicted octanol–water partition coefficient (Wildman–Crippen LogP) is 1.45. The van der Waals surface area contributed by atoms with Gasteiger partial charge < -0.3 is 20.9 Å². The molecule has 1 atom stereocenters. The van der Waals surface area contributed by atoms with Crippen molar-refractivity contribution in [3.05, 3.63) is 28.3 Å². The standard InChI is InChI=1S/C12H15ClN2O4/c1-6-3-9(13)4-8(10(6)16)5-15-11(17)7(2)19-12(14)18/h3-4,7,16H,5H2,1-2H3,(H2,14,18)(H,15,17). The summed E-state index contributed by atoms with van der Waals surface area (Å²) in [6.45, 7) is 3.16. The molecule has 0 saturated carbocycles. The fourth-order valence-electron chi connectivity index (χ4n) is 1.49. The summed E-state index contributed by atoms with van der Waals surface area (Å²) in [6, 6.07) is 3.16. The minimum absolute atomic E-state index is 0.0631. The second kappa shape index (κ2) is 6.29. The topological polar surface area (TPSA) is 102 Å². The van der Waals surface area contributed by atoms with E-state index >= 15 is 0 Å². The summed E-state index contributed by atoms with van der Waals surface area (Å²) in [5.74, 6) is -0.455. The minimum Gasteiger partial charge on any atom is -0.507 e. The van der Waals surface area contributed by atoms with Crippen molar-refractivity contribution < 1.29 is 19.4 Å². The Labute approximate surface area is 115 Å². The van der Waals surface area contributed by atoms with E-state index in [1.807, 2.05) is 0 Å². The molecule has 1 aromatic rings. The summed E-state index contributed by atoms with van der Waals surface area (Å²) >= 11 is 5.86. The number of phenolic OH excluding ortho intramolecular Hbond substituents is 1. The highest BCUT2D eigenvalue weighted by molar-refractivity contribution is 6.30. The molecule has 0 aliphatic heterocycles. The molecular formula is C12H15ClN2O4. The van der Waals surface area contributed by atoms with Gasteiger partial charge in [0.15, 0.2) is 6.10 Å². The number of amides is 2. The van der Waals surface area contributed by atoms with Gasteiger partial charge in [0.2, 0.25) is 0 Å². The molecule has 1 rings (SSSR count). The van der Waals surface area contributed by atoms with Crippen LogP contribution in [-0.4, -0.2) is 23.2 Å². The third-order valence-electron chi connectivity index (χ3n) is 2.46. The number of nitrogens with one attached hydrogen (secondary N) is 1. The van der Waals surface area contributed by atoms with Gasteiger partial charge in [-0.05, 0) is 31.5 Å². The van der Waals surface area contributed by atoms with E-state index in [1.165, 1.54) is 6.92 Å². The van der Waals surface area contributed by atoms with E-state index in [2.05, 4.69) is 10.1 Å². The van der Waals surface area contributed by atoms with Gasteiger partial charge in [0.25, 0.3) is 5.91 Å². The van der Waals surface area contributed by atoms with Gasteiger partial charge >= 0.3 is 6.09 Å². The highest BCUT2D eigenvalue weighted by atomic mass is 35.5. The number of hydrogen-bond donors (Lipinski definition) is 3. The van der Waals surface area contributed by atoms with E-state index in [1.54, 1.807) is 19.1 Å². The van der Waals surface area contributed by atoms with Crippen LogP contribution in [0.15, 0.2) is 12.1 Å². The maximum atomic E-state index is 11.6. The van der Waals surface area contributed by atoms with Crippen LogP contribution in [0.3, 0.4) is 0 Å². The first kappa shape index (κ1) is 15.1. The van der Waals surface area contributed by atoms with Gasteiger partial charge in [0.05, 0.1) is 0 Å². The molecule has 6 nitrogen and oxygen atoms in total. The molecule has 1 aromatic carbocycles. The lowest BCUT2D eigenvalue weighted by Gasteiger charge is -2.13. The number of carbonyl (C=O) groups is 2. The molecular weight excluding hydrogens is 272 g/mol. The summed E-state index contributed by atoms with van der Waals surface area (Å²) in [6.07, 6.45) is -2.02. The number of carbonyl (C=O) groups excluding carboxylic acids is 2. The van der Waals surface area contributed by atoms with Crippen LogP contribution in [0.2, 0.25) is 5.02 Å². The molecule has 0 heterocycles. The van der Waals surface area contributed by atoms with Crippen molar-refractivity contribution in [1.82, 2.24) is 5.32 Å². The number of ether oxygens (including phenoxy) is 1. The summed E-state index contributed by atoms with van der Waals surface area (Å²) in [5.41, 5.74) is 5.89. The first-order valence-corrected chi connectivity index (χ1v) is 5.91. The second-order valence-electron chi connectivity index (χ2n) is 4.03. The van der Waals surface area contributed by atoms with Crippen LogP contribution in [0, 0.1) is 6.92 Å². The molecule has 2 amide bonds. The third-order valence-corrected chi connectivity index (χ3v) is 2.68. The molecule has 1 unspecified atom stereocenters. The highest BCUT2D eigenvalue weighted by Crippen LogP contribution is 2.26. The number of benzene rings is 1. The van der Waals surface area contributed by atoms with E-state index in [9.17, 15) is 14.7 Å². The lowest BCUT2D eigenvalue weighted by Crippen LogP contribution is -2.36. The van der Waals surface area contributed by atoms with Crippen LogP contribution in [-0.2, 0) is 16.1 Å². The summed E-state index contributed by atoms with van der Waals surface area (Å²) in [4.78, 5) is 22.1. The number of primary amides is 1. The van der Waals surface area contributed by atoms with E-state index < -0.39 is 18.1 Å².